The first-order valence-corrected chi connectivity index (χ1v) is 11.5. The maximum atomic E-state index is 6.24. The number of rotatable bonds is 3. The highest BCUT2D eigenvalue weighted by Crippen LogP contribution is 2.43. The molecule has 6 rings (SSSR count). The number of nitrogens with zero attached hydrogens (tertiary/aromatic N) is 1. The van der Waals surface area contributed by atoms with Gasteiger partial charge in [-0.05, 0) is 81.9 Å². The molecule has 0 amide bonds. The second kappa shape index (κ2) is 7.95. The summed E-state index contributed by atoms with van der Waals surface area (Å²) in [7, 11) is 0. The molecule has 0 spiro atoms. The summed E-state index contributed by atoms with van der Waals surface area (Å²) in [5, 5.41) is 8.34. The van der Waals surface area contributed by atoms with Crippen molar-refractivity contribution in [3.05, 3.63) is 126 Å². The lowest BCUT2D eigenvalue weighted by Crippen LogP contribution is -2.10. The van der Waals surface area contributed by atoms with E-state index in [0.29, 0.717) is 0 Å². The Hall–Kier alpha value is -3.81. The zero-order chi connectivity index (χ0) is 22.4. The van der Waals surface area contributed by atoms with Gasteiger partial charge in [-0.3, -0.25) is 0 Å². The molecule has 0 N–H and O–H groups in total. The van der Waals surface area contributed by atoms with E-state index in [2.05, 4.69) is 115 Å². The molecule has 0 fully saturated rings. The van der Waals surface area contributed by atoms with Crippen LogP contribution in [0.3, 0.4) is 0 Å². The van der Waals surface area contributed by atoms with E-state index in [1.54, 1.807) is 0 Å². The van der Waals surface area contributed by atoms with Gasteiger partial charge in [-0.2, -0.15) is 0 Å². The van der Waals surface area contributed by atoms with Crippen molar-refractivity contribution in [2.75, 3.05) is 4.90 Å². The molecule has 33 heavy (non-hydrogen) atoms. The summed E-state index contributed by atoms with van der Waals surface area (Å²) in [5.41, 5.74) is 4.64. The second-order valence-corrected chi connectivity index (χ2v) is 8.86. The van der Waals surface area contributed by atoms with Gasteiger partial charge in [0.2, 0.25) is 0 Å². The SMILES string of the molecule is Cc1cc2c3ccccc3c(N(c3ccccc3)c3ccc(Cl)cc3)cc2c2ccccc12. The molecule has 2 heteroatoms. The fraction of sp³-hybridized carbons (Fsp3) is 0.0323. The Kier molecular flexibility index (Phi) is 4.78. The van der Waals surface area contributed by atoms with Crippen LogP contribution in [0.25, 0.3) is 32.3 Å². The molecule has 0 saturated heterocycles. The first kappa shape index (κ1) is 19.8. The minimum atomic E-state index is 0.733. The van der Waals surface area contributed by atoms with E-state index in [1.165, 1.54) is 37.9 Å². The predicted octanol–water partition coefficient (Wildman–Crippen LogP) is 9.58. The fourth-order valence-electron chi connectivity index (χ4n) is 4.89. The Balaban J connectivity index is 1.76. The lowest BCUT2D eigenvalue weighted by molar-refractivity contribution is 1.30. The molecule has 158 valence electrons. The zero-order valence-corrected chi connectivity index (χ0v) is 19.1. The van der Waals surface area contributed by atoms with E-state index in [-0.39, 0.29) is 0 Å². The fourth-order valence-corrected chi connectivity index (χ4v) is 5.02. The average Bonchev–Trinajstić information content (AvgIpc) is 2.87. The quantitative estimate of drug-likeness (QED) is 0.246. The van der Waals surface area contributed by atoms with Gasteiger partial charge in [0, 0.05) is 21.8 Å². The Bertz CT molecular complexity index is 1620. The normalized spacial score (nSPS) is 11.3. The first-order valence-electron chi connectivity index (χ1n) is 11.2. The number of anilines is 3. The van der Waals surface area contributed by atoms with Crippen molar-refractivity contribution in [1.82, 2.24) is 0 Å². The van der Waals surface area contributed by atoms with Gasteiger partial charge in [-0.25, -0.2) is 0 Å². The molecule has 0 aliphatic rings. The largest absolute Gasteiger partial charge is 0.310 e. The molecule has 0 aliphatic carbocycles. The van der Waals surface area contributed by atoms with E-state index < -0.39 is 0 Å². The van der Waals surface area contributed by atoms with Gasteiger partial charge in [0.25, 0.3) is 0 Å². The Labute approximate surface area is 198 Å². The van der Waals surface area contributed by atoms with Crippen LogP contribution < -0.4 is 4.90 Å². The highest BCUT2D eigenvalue weighted by Gasteiger charge is 2.18. The summed E-state index contributed by atoms with van der Waals surface area (Å²) in [6.07, 6.45) is 0. The van der Waals surface area contributed by atoms with Crippen molar-refractivity contribution in [2.24, 2.45) is 0 Å². The lowest BCUT2D eigenvalue weighted by atomic mass is 9.93. The summed E-state index contributed by atoms with van der Waals surface area (Å²) in [5.74, 6) is 0. The van der Waals surface area contributed by atoms with E-state index in [9.17, 15) is 0 Å². The van der Waals surface area contributed by atoms with Crippen LogP contribution in [0.4, 0.5) is 17.1 Å². The van der Waals surface area contributed by atoms with Crippen molar-refractivity contribution in [1.29, 1.82) is 0 Å². The van der Waals surface area contributed by atoms with Crippen LogP contribution in [-0.2, 0) is 0 Å². The highest BCUT2D eigenvalue weighted by atomic mass is 35.5. The van der Waals surface area contributed by atoms with Gasteiger partial charge in [-0.1, -0.05) is 84.4 Å². The molecule has 1 nitrogen and oxygen atoms in total. The Morgan fingerprint density at radius 2 is 1.00 bits per heavy atom. The number of benzene rings is 6. The molecule has 0 unspecified atom stereocenters. The second-order valence-electron chi connectivity index (χ2n) is 8.42. The number of hydrogen-bond donors (Lipinski definition) is 0. The van der Waals surface area contributed by atoms with Gasteiger partial charge in [0.15, 0.2) is 0 Å². The molecular formula is C31H22ClN. The third-order valence-corrected chi connectivity index (χ3v) is 6.66. The molecule has 0 atom stereocenters. The van der Waals surface area contributed by atoms with Gasteiger partial charge in [0.1, 0.15) is 0 Å². The van der Waals surface area contributed by atoms with Crippen LogP contribution in [-0.4, -0.2) is 0 Å². The smallest absolute Gasteiger partial charge is 0.0546 e. The van der Waals surface area contributed by atoms with Crippen molar-refractivity contribution in [3.63, 3.8) is 0 Å². The van der Waals surface area contributed by atoms with Crippen molar-refractivity contribution < 1.29 is 0 Å². The summed E-state index contributed by atoms with van der Waals surface area (Å²) in [6.45, 7) is 2.20. The molecule has 0 saturated carbocycles. The van der Waals surface area contributed by atoms with Crippen molar-refractivity contribution >= 4 is 61.0 Å². The standard InChI is InChI=1S/C31H22ClN/c1-21-19-29-27-13-7-8-14-28(27)31(20-30(29)26-12-6-5-11-25(21)26)33(23-9-3-2-4-10-23)24-17-15-22(32)16-18-24/h2-20H,1H3. The van der Waals surface area contributed by atoms with E-state index >= 15 is 0 Å². The molecular weight excluding hydrogens is 422 g/mol. The van der Waals surface area contributed by atoms with E-state index in [1.807, 2.05) is 12.1 Å². The van der Waals surface area contributed by atoms with E-state index in [4.69, 9.17) is 11.6 Å². The van der Waals surface area contributed by atoms with Crippen LogP contribution in [0.5, 0.6) is 0 Å². The summed E-state index contributed by atoms with van der Waals surface area (Å²) >= 11 is 6.24. The molecule has 0 radical (unpaired) electrons. The number of aryl methyl sites for hydroxylation is 1. The minimum absolute atomic E-state index is 0.733. The third-order valence-electron chi connectivity index (χ3n) is 6.41. The molecule has 6 aromatic carbocycles. The first-order chi connectivity index (χ1) is 16.2. The summed E-state index contributed by atoms with van der Waals surface area (Å²) in [4.78, 5) is 2.33. The van der Waals surface area contributed by atoms with Crippen LogP contribution in [0.1, 0.15) is 5.56 Å². The van der Waals surface area contributed by atoms with Gasteiger partial charge in [-0.15, -0.1) is 0 Å². The molecule has 0 aromatic heterocycles. The van der Waals surface area contributed by atoms with Crippen LogP contribution in [0, 0.1) is 6.92 Å². The van der Waals surface area contributed by atoms with E-state index in [0.717, 1.165) is 22.1 Å². The number of para-hydroxylation sites is 1. The van der Waals surface area contributed by atoms with Crippen molar-refractivity contribution in [2.45, 2.75) is 6.92 Å². The number of halogens is 1. The van der Waals surface area contributed by atoms with Crippen molar-refractivity contribution in [3.8, 4) is 0 Å². The third kappa shape index (κ3) is 3.33. The number of fused-ring (bicyclic) bond motifs is 5. The van der Waals surface area contributed by atoms with Gasteiger partial charge in [0.05, 0.1) is 5.69 Å². The molecule has 0 bridgehead atoms. The highest BCUT2D eigenvalue weighted by molar-refractivity contribution is 6.30. The van der Waals surface area contributed by atoms with Crippen LogP contribution in [0.2, 0.25) is 5.02 Å². The lowest BCUT2D eigenvalue weighted by Gasteiger charge is -2.28. The van der Waals surface area contributed by atoms with Crippen LogP contribution in [0.15, 0.2) is 115 Å². The molecule has 6 aromatic rings. The van der Waals surface area contributed by atoms with Gasteiger partial charge >= 0.3 is 0 Å². The molecule has 0 heterocycles. The average molecular weight is 444 g/mol. The monoisotopic (exact) mass is 443 g/mol. The summed E-state index contributed by atoms with van der Waals surface area (Å²) in [6, 6.07) is 40.7. The summed E-state index contributed by atoms with van der Waals surface area (Å²) < 4.78 is 0. The Morgan fingerprint density at radius 1 is 0.485 bits per heavy atom. The number of hydrogen-bond acceptors (Lipinski definition) is 1. The maximum Gasteiger partial charge on any atom is 0.0546 e. The topological polar surface area (TPSA) is 3.24 Å². The minimum Gasteiger partial charge on any atom is -0.310 e. The Morgan fingerprint density at radius 3 is 1.70 bits per heavy atom. The molecule has 0 aliphatic heterocycles. The zero-order valence-electron chi connectivity index (χ0n) is 18.3. The predicted molar refractivity (Wildman–Crippen MR) is 143 cm³/mol. The maximum absolute atomic E-state index is 6.24. The van der Waals surface area contributed by atoms with Gasteiger partial charge < -0.3 is 4.90 Å². The van der Waals surface area contributed by atoms with Crippen LogP contribution >= 0.6 is 11.6 Å².